The van der Waals surface area contributed by atoms with Crippen LogP contribution < -0.4 is 15.6 Å². The molecule has 1 heterocycles. The van der Waals surface area contributed by atoms with Crippen molar-refractivity contribution in [2.24, 2.45) is 0 Å². The summed E-state index contributed by atoms with van der Waals surface area (Å²) in [6.45, 7) is -0.249. The van der Waals surface area contributed by atoms with Crippen LogP contribution in [0.5, 0.6) is 5.75 Å². The Kier molecular flexibility index (Phi) is 6.04. The summed E-state index contributed by atoms with van der Waals surface area (Å²) < 4.78 is 5.69. The number of hydrogen-bond donors (Lipinski definition) is 3. The van der Waals surface area contributed by atoms with Gasteiger partial charge in [0.05, 0.1) is 17.5 Å². The number of hydrazine groups is 1. The van der Waals surface area contributed by atoms with Crippen LogP contribution in [0.15, 0.2) is 91.1 Å². The summed E-state index contributed by atoms with van der Waals surface area (Å²) >= 11 is 0. The minimum absolute atomic E-state index is 0.249. The van der Waals surface area contributed by atoms with E-state index >= 15 is 0 Å². The molecule has 7 nitrogen and oxygen atoms in total. The fourth-order valence-electron chi connectivity index (χ4n) is 3.11. The predicted octanol–water partition coefficient (Wildman–Crippen LogP) is 3.58. The van der Waals surface area contributed by atoms with Crippen LogP contribution in [0.2, 0.25) is 0 Å². The number of ether oxygens (including phenoxy) is 1. The average Bonchev–Trinajstić information content (AvgIpc) is 3.33. The minimum Gasteiger partial charge on any atom is -0.483 e. The zero-order valence-electron chi connectivity index (χ0n) is 16.5. The zero-order valence-corrected chi connectivity index (χ0v) is 16.5. The summed E-state index contributed by atoms with van der Waals surface area (Å²) in [5.41, 5.74) is 8.35. The van der Waals surface area contributed by atoms with Crippen molar-refractivity contribution >= 4 is 11.8 Å². The number of carbonyl (C=O) groups excluding carboxylic acids is 2. The summed E-state index contributed by atoms with van der Waals surface area (Å²) in [6.07, 6.45) is 1.41. The van der Waals surface area contributed by atoms with Crippen molar-refractivity contribution in [2.75, 3.05) is 6.61 Å². The first-order valence-corrected chi connectivity index (χ1v) is 9.67. The number of nitrogens with zero attached hydrogens (tertiary/aromatic N) is 1. The molecule has 0 spiro atoms. The molecule has 0 aliphatic carbocycles. The highest BCUT2D eigenvalue weighted by molar-refractivity contribution is 6.00. The Morgan fingerprint density at radius 3 is 2.19 bits per heavy atom. The fraction of sp³-hybridized carbons (Fsp3) is 0.0417. The number of carbonyl (C=O) groups is 2. The van der Waals surface area contributed by atoms with E-state index in [1.807, 2.05) is 78.9 Å². The first-order chi connectivity index (χ1) is 15.2. The van der Waals surface area contributed by atoms with Gasteiger partial charge in [-0.15, -0.1) is 0 Å². The van der Waals surface area contributed by atoms with E-state index in [0.717, 1.165) is 16.7 Å². The lowest BCUT2D eigenvalue weighted by Crippen LogP contribution is -2.43. The van der Waals surface area contributed by atoms with E-state index in [0.29, 0.717) is 17.0 Å². The van der Waals surface area contributed by atoms with E-state index in [1.165, 1.54) is 6.20 Å². The molecule has 0 saturated heterocycles. The summed E-state index contributed by atoms with van der Waals surface area (Å²) in [5.74, 6) is -0.386. The third kappa shape index (κ3) is 4.79. The highest BCUT2D eigenvalue weighted by Gasteiger charge is 2.16. The molecule has 1 aromatic heterocycles. The van der Waals surface area contributed by atoms with Crippen molar-refractivity contribution in [3.05, 3.63) is 96.7 Å². The number of amides is 2. The summed E-state index contributed by atoms with van der Waals surface area (Å²) in [7, 11) is 0. The largest absolute Gasteiger partial charge is 0.483 e. The van der Waals surface area contributed by atoms with E-state index in [4.69, 9.17) is 4.74 Å². The molecule has 0 saturated carbocycles. The highest BCUT2D eigenvalue weighted by Crippen LogP contribution is 2.29. The molecular formula is C24H20N4O3. The molecule has 31 heavy (non-hydrogen) atoms. The van der Waals surface area contributed by atoms with Crippen molar-refractivity contribution < 1.29 is 14.3 Å². The SMILES string of the molecule is O=C(COc1ccccc1-c1ccccc1)NNC(=O)c1cn[nH]c1-c1ccccc1. The van der Waals surface area contributed by atoms with Gasteiger partial charge in [0.1, 0.15) is 5.75 Å². The van der Waals surface area contributed by atoms with Crippen LogP contribution in [0.25, 0.3) is 22.4 Å². The molecule has 4 rings (SSSR count). The average molecular weight is 412 g/mol. The van der Waals surface area contributed by atoms with Crippen LogP contribution in [-0.2, 0) is 4.79 Å². The van der Waals surface area contributed by atoms with Gasteiger partial charge in [0.25, 0.3) is 11.8 Å². The van der Waals surface area contributed by atoms with Gasteiger partial charge in [-0.2, -0.15) is 5.10 Å². The lowest BCUT2D eigenvalue weighted by atomic mass is 10.1. The van der Waals surface area contributed by atoms with Crippen molar-refractivity contribution in [2.45, 2.75) is 0 Å². The van der Waals surface area contributed by atoms with Gasteiger partial charge < -0.3 is 4.74 Å². The molecule has 0 unspecified atom stereocenters. The van der Waals surface area contributed by atoms with E-state index < -0.39 is 11.8 Å². The van der Waals surface area contributed by atoms with Gasteiger partial charge in [0, 0.05) is 11.1 Å². The van der Waals surface area contributed by atoms with Crippen LogP contribution in [-0.4, -0.2) is 28.6 Å². The van der Waals surface area contributed by atoms with Crippen molar-refractivity contribution in [3.8, 4) is 28.1 Å². The first kappa shape index (κ1) is 19.9. The molecule has 2 amide bonds. The fourth-order valence-corrected chi connectivity index (χ4v) is 3.11. The van der Waals surface area contributed by atoms with Gasteiger partial charge >= 0.3 is 0 Å². The Morgan fingerprint density at radius 2 is 1.45 bits per heavy atom. The van der Waals surface area contributed by atoms with E-state index in [9.17, 15) is 9.59 Å². The molecule has 4 aromatic rings. The number of H-pyrrole nitrogens is 1. The third-order valence-corrected chi connectivity index (χ3v) is 4.59. The van der Waals surface area contributed by atoms with Gasteiger partial charge in [0.2, 0.25) is 0 Å². The van der Waals surface area contributed by atoms with Gasteiger partial charge in [-0.25, -0.2) is 0 Å². The van der Waals surface area contributed by atoms with Crippen LogP contribution >= 0.6 is 0 Å². The van der Waals surface area contributed by atoms with Gasteiger partial charge in [-0.05, 0) is 11.6 Å². The molecule has 3 aromatic carbocycles. The maximum atomic E-state index is 12.5. The second-order valence-electron chi connectivity index (χ2n) is 6.68. The second kappa shape index (κ2) is 9.41. The lowest BCUT2D eigenvalue weighted by molar-refractivity contribution is -0.123. The quantitative estimate of drug-likeness (QED) is 0.422. The van der Waals surface area contributed by atoms with Crippen LogP contribution in [0, 0.1) is 0 Å². The summed E-state index contributed by atoms with van der Waals surface area (Å²) in [5, 5.41) is 6.75. The lowest BCUT2D eigenvalue weighted by Gasteiger charge is -2.12. The second-order valence-corrected chi connectivity index (χ2v) is 6.68. The highest BCUT2D eigenvalue weighted by atomic mass is 16.5. The predicted molar refractivity (Wildman–Crippen MR) is 117 cm³/mol. The van der Waals surface area contributed by atoms with E-state index in [1.54, 1.807) is 6.07 Å². The van der Waals surface area contributed by atoms with Crippen LogP contribution in [0.4, 0.5) is 0 Å². The van der Waals surface area contributed by atoms with E-state index in [2.05, 4.69) is 21.0 Å². The van der Waals surface area contributed by atoms with Crippen molar-refractivity contribution in [1.82, 2.24) is 21.0 Å². The van der Waals surface area contributed by atoms with E-state index in [-0.39, 0.29) is 6.61 Å². The van der Waals surface area contributed by atoms with Crippen molar-refractivity contribution in [3.63, 3.8) is 0 Å². The molecule has 0 radical (unpaired) electrons. The molecule has 0 bridgehead atoms. The smallest absolute Gasteiger partial charge is 0.276 e. The maximum Gasteiger partial charge on any atom is 0.276 e. The zero-order chi connectivity index (χ0) is 21.5. The number of hydrogen-bond acceptors (Lipinski definition) is 4. The Hall–Kier alpha value is -4.39. The molecule has 0 atom stereocenters. The Balaban J connectivity index is 1.35. The van der Waals surface area contributed by atoms with Gasteiger partial charge in [-0.3, -0.25) is 25.5 Å². The molecule has 0 fully saturated rings. The number of nitrogens with one attached hydrogen (secondary N) is 3. The van der Waals surface area contributed by atoms with Crippen LogP contribution in [0.1, 0.15) is 10.4 Å². The topological polar surface area (TPSA) is 96.1 Å². The Bertz CT molecular complexity index is 1170. The third-order valence-electron chi connectivity index (χ3n) is 4.59. The van der Waals surface area contributed by atoms with Crippen LogP contribution in [0.3, 0.4) is 0 Å². The standard InChI is InChI=1S/C24H20N4O3/c29-22(16-31-21-14-8-7-13-19(21)17-9-3-1-4-10-17)26-28-24(30)20-15-25-27-23(20)18-11-5-2-6-12-18/h1-15H,16H2,(H,25,27)(H,26,29)(H,28,30). The molecular weight excluding hydrogens is 392 g/mol. The molecule has 0 aliphatic heterocycles. The summed E-state index contributed by atoms with van der Waals surface area (Å²) in [6, 6.07) is 26.6. The number of aromatic amines is 1. The molecule has 0 aliphatic rings. The molecule has 7 heteroatoms. The van der Waals surface area contributed by atoms with Gasteiger partial charge in [0.15, 0.2) is 6.61 Å². The number of para-hydroxylation sites is 1. The molecule has 3 N–H and O–H groups in total. The Labute approximate surface area is 179 Å². The van der Waals surface area contributed by atoms with Crippen molar-refractivity contribution in [1.29, 1.82) is 0 Å². The first-order valence-electron chi connectivity index (χ1n) is 9.67. The minimum atomic E-state index is -0.485. The normalized spacial score (nSPS) is 10.3. The summed E-state index contributed by atoms with van der Waals surface area (Å²) in [4.78, 5) is 24.7. The monoisotopic (exact) mass is 412 g/mol. The maximum absolute atomic E-state index is 12.5. The Morgan fingerprint density at radius 1 is 0.806 bits per heavy atom. The van der Waals surface area contributed by atoms with Gasteiger partial charge in [-0.1, -0.05) is 78.9 Å². The number of benzene rings is 3. The molecule has 154 valence electrons. The number of aromatic nitrogens is 2. The number of rotatable bonds is 6.